The van der Waals surface area contributed by atoms with Gasteiger partial charge < -0.3 is 10.2 Å². The van der Waals surface area contributed by atoms with Gasteiger partial charge in [-0.3, -0.25) is 9.59 Å². The van der Waals surface area contributed by atoms with Gasteiger partial charge in [-0.2, -0.15) is 12.7 Å². The predicted molar refractivity (Wildman–Crippen MR) is 138 cm³/mol. The summed E-state index contributed by atoms with van der Waals surface area (Å²) in [6.07, 6.45) is 3.88. The van der Waals surface area contributed by atoms with E-state index in [1.807, 2.05) is 31.2 Å². The van der Waals surface area contributed by atoms with Crippen molar-refractivity contribution in [3.05, 3.63) is 65.5 Å². The minimum Gasteiger partial charge on any atom is -0.352 e. The highest BCUT2D eigenvalue weighted by Gasteiger charge is 2.34. The Labute approximate surface area is 213 Å². The van der Waals surface area contributed by atoms with Crippen LogP contribution in [0.3, 0.4) is 0 Å². The van der Waals surface area contributed by atoms with Gasteiger partial charge in [0.15, 0.2) is 0 Å². The summed E-state index contributed by atoms with van der Waals surface area (Å²) in [6.45, 7) is 2.99. The zero-order valence-corrected chi connectivity index (χ0v) is 22.1. The largest absolute Gasteiger partial charge is 0.352 e. The van der Waals surface area contributed by atoms with E-state index in [1.54, 1.807) is 6.92 Å². The fourth-order valence-corrected chi connectivity index (χ4v) is 5.37. The maximum atomic E-state index is 14.7. The lowest BCUT2D eigenvalue weighted by molar-refractivity contribution is -0.139. The summed E-state index contributed by atoms with van der Waals surface area (Å²) < 4.78 is 42.6. The number of anilines is 1. The number of hydrogen-bond donors (Lipinski definition) is 1. The van der Waals surface area contributed by atoms with Gasteiger partial charge in [0.25, 0.3) is 0 Å². The number of aryl methyl sites for hydroxylation is 1. The first kappa shape index (κ1) is 27.6. The second kappa shape index (κ2) is 11.8. The van der Waals surface area contributed by atoms with Crippen LogP contribution in [0.4, 0.5) is 10.1 Å². The lowest BCUT2D eigenvalue weighted by Crippen LogP contribution is -2.53. The molecule has 1 fully saturated rings. The maximum absolute atomic E-state index is 14.7. The fraction of sp³-hybridized carbons (Fsp3) is 0.462. The van der Waals surface area contributed by atoms with Crippen molar-refractivity contribution in [2.24, 2.45) is 0 Å². The smallest absolute Gasteiger partial charge is 0.304 e. The summed E-state index contributed by atoms with van der Waals surface area (Å²) in [7, 11) is -1.58. The molecule has 1 N–H and O–H groups in total. The number of amides is 2. The Balaban J connectivity index is 1.95. The van der Waals surface area contributed by atoms with E-state index < -0.39 is 34.5 Å². The van der Waals surface area contributed by atoms with Crippen LogP contribution in [0.2, 0.25) is 0 Å². The van der Waals surface area contributed by atoms with E-state index in [-0.39, 0.29) is 24.2 Å². The van der Waals surface area contributed by atoms with Crippen LogP contribution in [0.25, 0.3) is 0 Å². The zero-order chi connectivity index (χ0) is 26.5. The van der Waals surface area contributed by atoms with E-state index in [2.05, 4.69) is 5.32 Å². The molecule has 0 spiro atoms. The van der Waals surface area contributed by atoms with Crippen molar-refractivity contribution < 1.29 is 22.4 Å². The van der Waals surface area contributed by atoms with Crippen LogP contribution in [-0.4, -0.2) is 62.2 Å². The number of nitrogens with zero attached hydrogens (tertiary/aromatic N) is 3. The summed E-state index contributed by atoms with van der Waals surface area (Å²) in [4.78, 5) is 28.2. The van der Waals surface area contributed by atoms with Gasteiger partial charge in [-0.15, -0.1) is 0 Å². The molecule has 10 heteroatoms. The van der Waals surface area contributed by atoms with Crippen molar-refractivity contribution in [3.8, 4) is 0 Å². The van der Waals surface area contributed by atoms with Crippen LogP contribution in [0.15, 0.2) is 48.5 Å². The van der Waals surface area contributed by atoms with Crippen LogP contribution in [0.1, 0.15) is 43.7 Å². The topological polar surface area (TPSA) is 90.0 Å². The molecule has 2 aromatic rings. The molecule has 2 amide bonds. The Morgan fingerprint density at radius 3 is 2.28 bits per heavy atom. The van der Waals surface area contributed by atoms with Gasteiger partial charge in [-0.05, 0) is 49.9 Å². The fourth-order valence-electron chi connectivity index (χ4n) is 4.30. The molecule has 0 bridgehead atoms. The number of benzene rings is 2. The molecule has 8 nitrogen and oxygen atoms in total. The summed E-state index contributed by atoms with van der Waals surface area (Å²) >= 11 is 0. The average molecular weight is 519 g/mol. The molecule has 1 aliphatic rings. The minimum atomic E-state index is -4.21. The number of carbonyl (C=O) groups excluding carboxylic acids is 2. The minimum absolute atomic E-state index is 0.0689. The molecule has 0 saturated heterocycles. The van der Waals surface area contributed by atoms with E-state index in [4.69, 9.17) is 0 Å². The van der Waals surface area contributed by atoms with Gasteiger partial charge in [-0.25, -0.2) is 8.70 Å². The monoisotopic (exact) mass is 518 g/mol. The van der Waals surface area contributed by atoms with Gasteiger partial charge in [-0.1, -0.05) is 49.2 Å². The van der Waals surface area contributed by atoms with Crippen LogP contribution in [-0.2, 0) is 26.3 Å². The number of nitrogens with one attached hydrogen (secondary N) is 1. The summed E-state index contributed by atoms with van der Waals surface area (Å²) in [5, 5.41) is 3.02. The van der Waals surface area contributed by atoms with Crippen LogP contribution in [0.5, 0.6) is 0 Å². The van der Waals surface area contributed by atoms with E-state index in [0.717, 1.165) is 51.5 Å². The van der Waals surface area contributed by atoms with Gasteiger partial charge in [0.05, 0.1) is 5.69 Å². The molecule has 3 rings (SSSR count). The molecule has 1 atom stereocenters. The number of carbonyl (C=O) groups is 2. The highest BCUT2D eigenvalue weighted by molar-refractivity contribution is 7.90. The maximum Gasteiger partial charge on any atom is 0.304 e. The first-order valence-corrected chi connectivity index (χ1v) is 13.5. The van der Waals surface area contributed by atoms with Crippen LogP contribution >= 0.6 is 0 Å². The highest BCUT2D eigenvalue weighted by Crippen LogP contribution is 2.24. The lowest BCUT2D eigenvalue weighted by Gasteiger charge is -2.33. The zero-order valence-electron chi connectivity index (χ0n) is 21.3. The first-order valence-electron chi connectivity index (χ1n) is 12.1. The normalized spacial score (nSPS) is 15.1. The average Bonchev–Trinajstić information content (AvgIpc) is 3.35. The Hall–Kier alpha value is -2.98. The molecule has 36 heavy (non-hydrogen) atoms. The summed E-state index contributed by atoms with van der Waals surface area (Å²) in [5.74, 6) is -1.68. The highest BCUT2D eigenvalue weighted by atomic mass is 32.2. The molecule has 196 valence electrons. The third kappa shape index (κ3) is 6.41. The quantitative estimate of drug-likeness (QED) is 0.523. The molecule has 2 aromatic carbocycles. The lowest BCUT2D eigenvalue weighted by atomic mass is 10.1. The standard InChI is InChI=1S/C26H35FN4O4S/c1-19-11-5-6-12-21(19)17-30(20(2)26(33)28-22-13-7-8-14-22)25(32)18-31(36(34,35)29(3)4)24-16-10-9-15-23(24)27/h5-6,9-12,15-16,20,22H,7-8,13-14,17-18H2,1-4H3,(H,28,33)/t20-/m0/s1. The predicted octanol–water partition coefficient (Wildman–Crippen LogP) is 3.22. The second-order valence-electron chi connectivity index (χ2n) is 9.36. The Bertz CT molecular complexity index is 1180. The first-order chi connectivity index (χ1) is 17.0. The van der Waals surface area contributed by atoms with Crippen molar-refractivity contribution in [1.29, 1.82) is 0 Å². The SMILES string of the molecule is Cc1ccccc1CN(C(=O)CN(c1ccccc1F)S(=O)(=O)N(C)C)[C@@H](C)C(=O)NC1CCCC1. The van der Waals surface area contributed by atoms with Gasteiger partial charge >= 0.3 is 10.2 Å². The number of hydrogen-bond acceptors (Lipinski definition) is 4. The van der Waals surface area contributed by atoms with Crippen molar-refractivity contribution in [2.75, 3.05) is 24.9 Å². The third-order valence-electron chi connectivity index (χ3n) is 6.61. The van der Waals surface area contributed by atoms with Crippen molar-refractivity contribution in [2.45, 2.75) is 58.2 Å². The molecular weight excluding hydrogens is 483 g/mol. The van der Waals surface area contributed by atoms with Crippen LogP contribution < -0.4 is 9.62 Å². The number of halogens is 1. The Morgan fingerprint density at radius 1 is 1.06 bits per heavy atom. The van der Waals surface area contributed by atoms with Crippen LogP contribution in [0, 0.1) is 12.7 Å². The number of rotatable bonds is 10. The van der Waals surface area contributed by atoms with E-state index in [0.29, 0.717) is 0 Å². The van der Waals surface area contributed by atoms with E-state index >= 15 is 0 Å². The molecular formula is C26H35FN4O4S. The molecule has 0 heterocycles. The molecule has 0 aromatic heterocycles. The molecule has 0 radical (unpaired) electrons. The summed E-state index contributed by atoms with van der Waals surface area (Å²) in [6, 6.07) is 12.1. The van der Waals surface area contributed by atoms with E-state index in [1.165, 1.54) is 37.2 Å². The molecule has 1 aliphatic carbocycles. The van der Waals surface area contributed by atoms with Crippen molar-refractivity contribution in [1.82, 2.24) is 14.5 Å². The molecule has 0 aliphatic heterocycles. The Kier molecular flexibility index (Phi) is 9.08. The van der Waals surface area contributed by atoms with Gasteiger partial charge in [0.1, 0.15) is 18.4 Å². The third-order valence-corrected chi connectivity index (χ3v) is 8.42. The van der Waals surface area contributed by atoms with Gasteiger partial charge in [0.2, 0.25) is 11.8 Å². The number of para-hydroxylation sites is 1. The van der Waals surface area contributed by atoms with Gasteiger partial charge in [0, 0.05) is 26.7 Å². The molecule has 0 unspecified atom stereocenters. The summed E-state index contributed by atoms with van der Waals surface area (Å²) in [5.41, 5.74) is 1.53. The second-order valence-corrected chi connectivity index (χ2v) is 11.4. The van der Waals surface area contributed by atoms with Crippen molar-refractivity contribution >= 4 is 27.7 Å². The molecule has 1 saturated carbocycles. The van der Waals surface area contributed by atoms with E-state index in [9.17, 15) is 22.4 Å². The Morgan fingerprint density at radius 2 is 1.67 bits per heavy atom. The van der Waals surface area contributed by atoms with Crippen molar-refractivity contribution in [3.63, 3.8) is 0 Å².